The molecule has 1 aliphatic rings. The van der Waals surface area contributed by atoms with Gasteiger partial charge in [-0.25, -0.2) is 9.78 Å². The van der Waals surface area contributed by atoms with Crippen LogP contribution in [0.25, 0.3) is 17.1 Å². The Kier molecular flexibility index (Phi) is 3.73. The van der Waals surface area contributed by atoms with Crippen LogP contribution in [-0.4, -0.2) is 34.8 Å². The number of carboxylic acid groups (broad SMARTS) is 1. The second kappa shape index (κ2) is 5.93. The first-order valence-corrected chi connectivity index (χ1v) is 8.71. The highest BCUT2D eigenvalue weighted by Crippen LogP contribution is 2.39. The van der Waals surface area contributed by atoms with Crippen molar-refractivity contribution < 1.29 is 19.4 Å². The first-order valence-electron chi connectivity index (χ1n) is 7.76. The van der Waals surface area contributed by atoms with Gasteiger partial charge in [0.15, 0.2) is 17.2 Å². The Morgan fingerprint density at radius 3 is 2.64 bits per heavy atom. The summed E-state index contributed by atoms with van der Waals surface area (Å²) in [5.74, 6) is 0.910. The summed E-state index contributed by atoms with van der Waals surface area (Å²) >= 11 is 1.55. The van der Waals surface area contributed by atoms with Crippen molar-refractivity contribution in [2.45, 2.75) is 12.8 Å². The molecule has 0 aliphatic carbocycles. The highest BCUT2D eigenvalue weighted by atomic mass is 32.1. The molecule has 0 saturated carbocycles. The first-order chi connectivity index (χ1) is 12.1. The van der Waals surface area contributed by atoms with Gasteiger partial charge in [-0.15, -0.1) is 0 Å². The minimum atomic E-state index is -1.01. The number of carboxylic acids is 1. The van der Waals surface area contributed by atoms with E-state index in [9.17, 15) is 9.90 Å². The lowest BCUT2D eigenvalue weighted by Crippen LogP contribution is -2.15. The van der Waals surface area contributed by atoms with Gasteiger partial charge in [-0.3, -0.25) is 4.57 Å². The second-order valence-corrected chi connectivity index (χ2v) is 6.50. The van der Waals surface area contributed by atoms with Gasteiger partial charge >= 0.3 is 5.97 Å². The molecule has 2 aromatic heterocycles. The lowest BCUT2D eigenvalue weighted by molar-refractivity contribution is 0.0689. The summed E-state index contributed by atoms with van der Waals surface area (Å²) in [5, 5.41) is 13.5. The van der Waals surface area contributed by atoms with Crippen molar-refractivity contribution >= 4 is 17.3 Å². The van der Waals surface area contributed by atoms with Crippen LogP contribution in [0.1, 0.15) is 21.7 Å². The second-order valence-electron chi connectivity index (χ2n) is 5.72. The lowest BCUT2D eigenvalue weighted by atomic mass is 9.99. The normalized spacial score (nSPS) is 12.4. The average Bonchev–Trinajstić information content (AvgIpc) is 3.27. The number of ether oxygens (including phenoxy) is 2. The molecular formula is C18H16N2O4S. The lowest BCUT2D eigenvalue weighted by Gasteiger charge is -2.23. The first kappa shape index (κ1) is 15.7. The van der Waals surface area contributed by atoms with Crippen molar-refractivity contribution in [1.82, 2.24) is 9.55 Å². The molecular weight excluding hydrogens is 340 g/mol. The van der Waals surface area contributed by atoms with Crippen molar-refractivity contribution in [2.24, 2.45) is 0 Å². The summed E-state index contributed by atoms with van der Waals surface area (Å²) < 4.78 is 12.8. The fourth-order valence-corrected chi connectivity index (χ4v) is 3.91. The Labute approximate surface area is 148 Å². The standard InChI is InChI=1S/C18H16N2O4S/c1-23-14-7-10-3-4-12-16(18(21)22)19-17(11-5-6-25-9-11)20(12)13(10)8-15(14)24-2/h5-9H,3-4H2,1-2H3,(H,21,22). The number of imidazole rings is 1. The molecule has 0 spiro atoms. The molecule has 3 heterocycles. The summed E-state index contributed by atoms with van der Waals surface area (Å²) in [6, 6.07) is 5.79. The quantitative estimate of drug-likeness (QED) is 0.775. The molecule has 1 N–H and O–H groups in total. The van der Waals surface area contributed by atoms with Gasteiger partial charge in [-0.2, -0.15) is 11.3 Å². The topological polar surface area (TPSA) is 73.6 Å². The highest BCUT2D eigenvalue weighted by Gasteiger charge is 2.29. The van der Waals surface area contributed by atoms with Crippen LogP contribution in [0, 0.1) is 0 Å². The molecule has 1 aromatic carbocycles. The molecule has 0 radical (unpaired) electrons. The van der Waals surface area contributed by atoms with Crippen molar-refractivity contribution in [2.75, 3.05) is 14.2 Å². The molecule has 25 heavy (non-hydrogen) atoms. The summed E-state index contributed by atoms with van der Waals surface area (Å²) in [5.41, 5.74) is 3.70. The predicted molar refractivity (Wildman–Crippen MR) is 94.3 cm³/mol. The number of carbonyl (C=O) groups is 1. The van der Waals surface area contributed by atoms with Crippen LogP contribution in [0.4, 0.5) is 0 Å². The Hall–Kier alpha value is -2.80. The fourth-order valence-electron chi connectivity index (χ4n) is 3.27. The molecule has 7 heteroatoms. The van der Waals surface area contributed by atoms with Gasteiger partial charge in [0.25, 0.3) is 0 Å². The van der Waals surface area contributed by atoms with Crippen molar-refractivity contribution in [3.8, 4) is 28.6 Å². The van der Waals surface area contributed by atoms with E-state index in [2.05, 4.69) is 4.98 Å². The molecule has 0 amide bonds. The molecule has 0 fully saturated rings. The monoisotopic (exact) mass is 356 g/mol. The number of aromatic nitrogens is 2. The van der Waals surface area contributed by atoms with Crippen LogP contribution in [0.3, 0.4) is 0 Å². The van der Waals surface area contributed by atoms with E-state index >= 15 is 0 Å². The minimum Gasteiger partial charge on any atom is -0.493 e. The molecule has 3 aromatic rings. The van der Waals surface area contributed by atoms with E-state index in [-0.39, 0.29) is 5.69 Å². The van der Waals surface area contributed by atoms with E-state index in [0.29, 0.717) is 29.4 Å². The van der Waals surface area contributed by atoms with Crippen molar-refractivity contribution in [3.05, 3.63) is 45.9 Å². The Morgan fingerprint density at radius 2 is 2.00 bits per heavy atom. The average molecular weight is 356 g/mol. The molecule has 0 saturated heterocycles. The Morgan fingerprint density at radius 1 is 1.24 bits per heavy atom. The summed E-state index contributed by atoms with van der Waals surface area (Å²) in [6.07, 6.45) is 1.34. The zero-order valence-corrected chi connectivity index (χ0v) is 14.6. The number of nitrogens with zero attached hydrogens (tertiary/aromatic N) is 2. The largest absolute Gasteiger partial charge is 0.493 e. The molecule has 4 rings (SSSR count). The van der Waals surface area contributed by atoms with E-state index < -0.39 is 5.97 Å². The van der Waals surface area contributed by atoms with Crippen LogP contribution in [-0.2, 0) is 12.8 Å². The van der Waals surface area contributed by atoms with Crippen LogP contribution in [0.2, 0.25) is 0 Å². The third-order valence-electron chi connectivity index (χ3n) is 4.41. The number of thiophene rings is 1. The van der Waals surface area contributed by atoms with E-state index in [0.717, 1.165) is 23.2 Å². The minimum absolute atomic E-state index is 0.113. The summed E-state index contributed by atoms with van der Waals surface area (Å²) in [4.78, 5) is 16.1. The number of benzene rings is 1. The number of aromatic carboxylic acids is 1. The maximum atomic E-state index is 11.7. The fraction of sp³-hybridized carbons (Fsp3) is 0.222. The molecule has 0 bridgehead atoms. The summed E-state index contributed by atoms with van der Waals surface area (Å²) in [7, 11) is 3.19. The van der Waals surface area contributed by atoms with Gasteiger partial charge in [-0.05, 0) is 35.9 Å². The van der Waals surface area contributed by atoms with Gasteiger partial charge in [-0.1, -0.05) is 0 Å². The zero-order chi connectivity index (χ0) is 17.6. The van der Waals surface area contributed by atoms with Crippen molar-refractivity contribution in [3.63, 3.8) is 0 Å². The SMILES string of the molecule is COc1cc2c(cc1OC)-n1c(-c3ccsc3)nc(C(=O)O)c1CC2. The number of aryl methyl sites for hydroxylation is 1. The number of rotatable bonds is 4. The third-order valence-corrected chi connectivity index (χ3v) is 5.09. The molecule has 1 aliphatic heterocycles. The van der Waals surface area contributed by atoms with Crippen LogP contribution in [0.5, 0.6) is 11.5 Å². The predicted octanol–water partition coefficient (Wildman–Crippen LogP) is 3.41. The van der Waals surface area contributed by atoms with Gasteiger partial charge in [0.1, 0.15) is 5.82 Å². The van der Waals surface area contributed by atoms with Crippen molar-refractivity contribution in [1.29, 1.82) is 0 Å². The Balaban J connectivity index is 2.02. The van der Waals surface area contributed by atoms with E-state index in [1.807, 2.05) is 33.5 Å². The molecule has 0 atom stereocenters. The molecule has 128 valence electrons. The number of hydrogen-bond acceptors (Lipinski definition) is 5. The van der Waals surface area contributed by atoms with Gasteiger partial charge in [0.05, 0.1) is 25.6 Å². The number of fused-ring (bicyclic) bond motifs is 3. The van der Waals surface area contributed by atoms with Gasteiger partial charge in [0.2, 0.25) is 0 Å². The van der Waals surface area contributed by atoms with E-state index in [4.69, 9.17) is 9.47 Å². The third kappa shape index (κ3) is 2.39. The number of methoxy groups -OCH3 is 2. The summed E-state index contributed by atoms with van der Waals surface area (Å²) in [6.45, 7) is 0. The van der Waals surface area contributed by atoms with Crippen LogP contribution < -0.4 is 9.47 Å². The maximum absolute atomic E-state index is 11.7. The molecule has 0 unspecified atom stereocenters. The van der Waals surface area contributed by atoms with E-state index in [1.165, 1.54) is 0 Å². The van der Waals surface area contributed by atoms with Crippen LogP contribution in [0.15, 0.2) is 29.0 Å². The van der Waals surface area contributed by atoms with Gasteiger partial charge < -0.3 is 14.6 Å². The van der Waals surface area contributed by atoms with Crippen LogP contribution >= 0.6 is 11.3 Å². The maximum Gasteiger partial charge on any atom is 0.356 e. The Bertz CT molecular complexity index is 960. The molecule has 6 nitrogen and oxygen atoms in total. The number of hydrogen-bond donors (Lipinski definition) is 1. The smallest absolute Gasteiger partial charge is 0.356 e. The highest BCUT2D eigenvalue weighted by molar-refractivity contribution is 7.08. The van der Waals surface area contributed by atoms with E-state index in [1.54, 1.807) is 25.6 Å². The zero-order valence-electron chi connectivity index (χ0n) is 13.8. The van der Waals surface area contributed by atoms with Gasteiger partial charge in [0, 0.05) is 17.0 Å².